The predicted octanol–water partition coefficient (Wildman–Crippen LogP) is 2.87. The number of benzene rings is 1. The van der Waals surface area contributed by atoms with E-state index in [1.165, 1.54) is 19.3 Å². The van der Waals surface area contributed by atoms with Gasteiger partial charge in [-0.25, -0.2) is 0 Å². The first kappa shape index (κ1) is 15.5. The molecule has 1 aromatic rings. The third-order valence-corrected chi connectivity index (χ3v) is 4.95. The molecule has 1 aromatic carbocycles. The Kier molecular flexibility index (Phi) is 4.61. The lowest BCUT2D eigenvalue weighted by Gasteiger charge is -2.20. The van der Waals surface area contributed by atoms with Gasteiger partial charge in [-0.3, -0.25) is 9.59 Å². The lowest BCUT2D eigenvalue weighted by molar-refractivity contribution is -0.148. The molecule has 5 heteroatoms. The van der Waals surface area contributed by atoms with Crippen LogP contribution in [0.3, 0.4) is 0 Å². The van der Waals surface area contributed by atoms with Crippen molar-refractivity contribution in [2.75, 3.05) is 11.9 Å². The zero-order valence-electron chi connectivity index (χ0n) is 13.0. The Morgan fingerprint density at radius 3 is 2.87 bits per heavy atom. The Labute approximate surface area is 135 Å². The lowest BCUT2D eigenvalue weighted by Crippen LogP contribution is -2.23. The van der Waals surface area contributed by atoms with E-state index in [9.17, 15) is 9.59 Å². The topological polar surface area (TPSA) is 79.2 Å². The van der Waals surface area contributed by atoms with Crippen molar-refractivity contribution in [3.05, 3.63) is 29.8 Å². The van der Waals surface area contributed by atoms with Crippen LogP contribution in [0, 0.1) is 29.1 Å². The van der Waals surface area contributed by atoms with Crippen molar-refractivity contribution in [3.8, 4) is 6.07 Å². The van der Waals surface area contributed by atoms with Gasteiger partial charge in [-0.15, -0.1) is 0 Å². The highest BCUT2D eigenvalue weighted by Gasteiger charge is 2.40. The van der Waals surface area contributed by atoms with E-state index in [-0.39, 0.29) is 18.5 Å². The highest BCUT2D eigenvalue weighted by Crippen LogP contribution is 2.49. The Hall–Kier alpha value is -2.35. The molecule has 0 aliphatic heterocycles. The van der Waals surface area contributed by atoms with Crippen LogP contribution in [0.15, 0.2) is 24.3 Å². The van der Waals surface area contributed by atoms with E-state index in [0.29, 0.717) is 29.5 Å². The molecular weight excluding hydrogens is 292 g/mol. The Morgan fingerprint density at radius 2 is 2.17 bits per heavy atom. The third kappa shape index (κ3) is 3.89. The second-order valence-electron chi connectivity index (χ2n) is 6.54. The molecule has 0 aromatic heterocycles. The quantitative estimate of drug-likeness (QED) is 0.848. The van der Waals surface area contributed by atoms with Crippen LogP contribution in [-0.2, 0) is 14.3 Å². The number of hydrogen-bond donors (Lipinski definition) is 1. The highest BCUT2D eigenvalue weighted by atomic mass is 16.5. The molecule has 0 radical (unpaired) electrons. The molecule has 3 rings (SSSR count). The summed E-state index contributed by atoms with van der Waals surface area (Å²) in [5.74, 6) is 1.24. The molecule has 0 spiro atoms. The predicted molar refractivity (Wildman–Crippen MR) is 84.3 cm³/mol. The maximum atomic E-state index is 11.9. The first-order chi connectivity index (χ1) is 11.1. The molecule has 2 saturated carbocycles. The van der Waals surface area contributed by atoms with Gasteiger partial charge in [0.25, 0.3) is 5.91 Å². The zero-order chi connectivity index (χ0) is 16.2. The summed E-state index contributed by atoms with van der Waals surface area (Å²) in [6.07, 6.45) is 5.36. The van der Waals surface area contributed by atoms with Gasteiger partial charge in [-0.2, -0.15) is 5.26 Å². The average Bonchev–Trinajstić information content (AvgIpc) is 3.16. The maximum absolute atomic E-state index is 11.9. The lowest BCUT2D eigenvalue weighted by atomic mass is 9.86. The molecule has 23 heavy (non-hydrogen) atoms. The average molecular weight is 312 g/mol. The normalized spacial score (nSPS) is 24.9. The molecule has 0 heterocycles. The van der Waals surface area contributed by atoms with E-state index < -0.39 is 0 Å². The van der Waals surface area contributed by atoms with Gasteiger partial charge in [0.15, 0.2) is 6.61 Å². The van der Waals surface area contributed by atoms with Gasteiger partial charge in [-0.1, -0.05) is 12.5 Å². The summed E-state index contributed by atoms with van der Waals surface area (Å²) in [5.41, 5.74) is 0.995. The van der Waals surface area contributed by atoms with Crippen molar-refractivity contribution < 1.29 is 14.3 Å². The van der Waals surface area contributed by atoms with Gasteiger partial charge in [0, 0.05) is 12.1 Å². The maximum Gasteiger partial charge on any atom is 0.306 e. The first-order valence-corrected chi connectivity index (χ1v) is 8.09. The van der Waals surface area contributed by atoms with E-state index in [0.717, 1.165) is 12.3 Å². The summed E-state index contributed by atoms with van der Waals surface area (Å²) in [5, 5.41) is 11.4. The Balaban J connectivity index is 1.41. The summed E-state index contributed by atoms with van der Waals surface area (Å²) < 4.78 is 5.09. The van der Waals surface area contributed by atoms with E-state index in [1.807, 2.05) is 6.07 Å². The van der Waals surface area contributed by atoms with Crippen molar-refractivity contribution in [3.63, 3.8) is 0 Å². The van der Waals surface area contributed by atoms with Crippen LogP contribution in [-0.4, -0.2) is 18.5 Å². The molecule has 3 atom stereocenters. The summed E-state index contributed by atoms with van der Waals surface area (Å²) >= 11 is 0. The van der Waals surface area contributed by atoms with E-state index in [1.54, 1.807) is 24.3 Å². The number of esters is 1. The zero-order valence-corrected chi connectivity index (χ0v) is 13.0. The van der Waals surface area contributed by atoms with Gasteiger partial charge < -0.3 is 10.1 Å². The van der Waals surface area contributed by atoms with Crippen molar-refractivity contribution in [1.29, 1.82) is 5.26 Å². The summed E-state index contributed by atoms with van der Waals surface area (Å²) in [7, 11) is 0. The van der Waals surface area contributed by atoms with Crippen LogP contribution in [0.25, 0.3) is 0 Å². The minimum atomic E-state index is -0.388. The molecule has 1 amide bonds. The Bertz CT molecular complexity index is 650. The summed E-state index contributed by atoms with van der Waals surface area (Å²) in [6, 6.07) is 8.62. The molecule has 0 unspecified atom stereocenters. The number of carbonyl (C=O) groups is 2. The van der Waals surface area contributed by atoms with Crippen molar-refractivity contribution in [1.82, 2.24) is 0 Å². The highest BCUT2D eigenvalue weighted by molar-refractivity contribution is 5.92. The second-order valence-corrected chi connectivity index (χ2v) is 6.54. The fraction of sp³-hybridized carbons (Fsp3) is 0.500. The minimum Gasteiger partial charge on any atom is -0.456 e. The van der Waals surface area contributed by atoms with Crippen LogP contribution in [0.4, 0.5) is 5.69 Å². The van der Waals surface area contributed by atoms with Crippen LogP contribution in [0.5, 0.6) is 0 Å². The van der Waals surface area contributed by atoms with E-state index >= 15 is 0 Å². The molecule has 2 aliphatic rings. The molecule has 120 valence electrons. The third-order valence-electron chi connectivity index (χ3n) is 4.95. The molecule has 1 N–H and O–H groups in total. The fourth-order valence-corrected chi connectivity index (χ4v) is 3.91. The number of nitriles is 1. The van der Waals surface area contributed by atoms with E-state index in [2.05, 4.69) is 5.32 Å². The fourth-order valence-electron chi connectivity index (χ4n) is 3.91. The van der Waals surface area contributed by atoms with Gasteiger partial charge in [0.1, 0.15) is 0 Å². The largest absolute Gasteiger partial charge is 0.456 e. The minimum absolute atomic E-state index is 0.281. The molecule has 2 bridgehead atoms. The van der Waals surface area contributed by atoms with Gasteiger partial charge in [-0.05, 0) is 55.2 Å². The van der Waals surface area contributed by atoms with Crippen molar-refractivity contribution in [2.24, 2.45) is 17.8 Å². The number of nitrogens with one attached hydrogen (secondary N) is 1. The number of anilines is 1. The van der Waals surface area contributed by atoms with Gasteiger partial charge >= 0.3 is 5.97 Å². The van der Waals surface area contributed by atoms with E-state index in [4.69, 9.17) is 10.00 Å². The van der Waals surface area contributed by atoms with Crippen LogP contribution in [0.2, 0.25) is 0 Å². The van der Waals surface area contributed by atoms with Crippen LogP contribution in [0.1, 0.15) is 37.7 Å². The second kappa shape index (κ2) is 6.82. The number of rotatable bonds is 5. The molecular formula is C18H20N2O3. The summed E-state index contributed by atoms with van der Waals surface area (Å²) in [6.45, 7) is -0.281. The first-order valence-electron chi connectivity index (χ1n) is 8.09. The number of fused-ring (bicyclic) bond motifs is 2. The van der Waals surface area contributed by atoms with Gasteiger partial charge in [0.2, 0.25) is 0 Å². The van der Waals surface area contributed by atoms with Crippen LogP contribution >= 0.6 is 0 Å². The summed E-state index contributed by atoms with van der Waals surface area (Å²) in [4.78, 5) is 23.7. The molecule has 2 aliphatic carbocycles. The number of amides is 1. The van der Waals surface area contributed by atoms with Crippen molar-refractivity contribution in [2.45, 2.75) is 32.1 Å². The van der Waals surface area contributed by atoms with Crippen LogP contribution < -0.4 is 5.32 Å². The number of nitrogens with zero attached hydrogens (tertiary/aromatic N) is 1. The Morgan fingerprint density at radius 1 is 1.30 bits per heavy atom. The number of hydrogen-bond acceptors (Lipinski definition) is 4. The molecule has 2 fully saturated rings. The monoisotopic (exact) mass is 312 g/mol. The smallest absolute Gasteiger partial charge is 0.306 e. The SMILES string of the molecule is N#Cc1cccc(NC(=O)COC(=O)C[C@H]2C[C@H]3CC[C@@H]2C3)c1. The standard InChI is InChI=1S/C18H20N2O3/c19-10-13-2-1-3-16(8-13)20-17(21)11-23-18(22)9-15-7-12-4-5-14(15)6-12/h1-3,8,12,14-15H,4-7,9,11H2,(H,20,21)/t12-,14+,15+/m0/s1. The van der Waals surface area contributed by atoms with Crippen molar-refractivity contribution >= 4 is 17.6 Å². The molecule has 0 saturated heterocycles. The number of ether oxygens (including phenoxy) is 1. The number of carbonyl (C=O) groups excluding carboxylic acids is 2. The molecule has 5 nitrogen and oxygen atoms in total. The van der Waals surface area contributed by atoms with Gasteiger partial charge in [0.05, 0.1) is 11.6 Å².